The van der Waals surface area contributed by atoms with E-state index in [2.05, 4.69) is 37.4 Å². The van der Waals surface area contributed by atoms with Gasteiger partial charge in [-0.25, -0.2) is 0 Å². The zero-order chi connectivity index (χ0) is 11.9. The first-order valence-corrected chi connectivity index (χ1v) is 6.37. The van der Waals surface area contributed by atoms with Gasteiger partial charge in [-0.15, -0.1) is 0 Å². The topological polar surface area (TPSA) is 25.2 Å². The van der Waals surface area contributed by atoms with Crippen LogP contribution in [0.1, 0.15) is 25.8 Å². The molecule has 1 fully saturated rings. The molecule has 2 nitrogen and oxygen atoms in total. The van der Waals surface area contributed by atoms with Crippen LogP contribution in [0.2, 0.25) is 0 Å². The zero-order valence-corrected chi connectivity index (χ0v) is 10.5. The highest BCUT2D eigenvalue weighted by Gasteiger charge is 2.35. The van der Waals surface area contributed by atoms with E-state index in [4.69, 9.17) is 4.42 Å². The lowest BCUT2D eigenvalue weighted by Gasteiger charge is -2.31. The van der Waals surface area contributed by atoms with Crippen molar-refractivity contribution in [3.63, 3.8) is 0 Å². The number of para-hydroxylation sites is 1. The van der Waals surface area contributed by atoms with E-state index in [0.717, 1.165) is 18.7 Å². The molecule has 1 saturated heterocycles. The lowest BCUT2D eigenvalue weighted by molar-refractivity contribution is 0.342. The summed E-state index contributed by atoms with van der Waals surface area (Å²) >= 11 is 0. The van der Waals surface area contributed by atoms with Crippen LogP contribution in [0.3, 0.4) is 0 Å². The van der Waals surface area contributed by atoms with E-state index in [1.165, 1.54) is 17.4 Å². The van der Waals surface area contributed by atoms with Crippen molar-refractivity contribution in [1.29, 1.82) is 0 Å². The molecule has 1 aliphatic heterocycles. The minimum absolute atomic E-state index is 0.168. The van der Waals surface area contributed by atoms with Crippen LogP contribution in [0.25, 0.3) is 11.0 Å². The van der Waals surface area contributed by atoms with Gasteiger partial charge in [0.1, 0.15) is 5.58 Å². The highest BCUT2D eigenvalue weighted by Crippen LogP contribution is 2.38. The van der Waals surface area contributed by atoms with Gasteiger partial charge in [0.2, 0.25) is 0 Å². The van der Waals surface area contributed by atoms with Gasteiger partial charge in [0, 0.05) is 10.9 Å². The highest BCUT2D eigenvalue weighted by atomic mass is 16.3. The third-order valence-electron chi connectivity index (χ3n) is 4.25. The van der Waals surface area contributed by atoms with E-state index >= 15 is 0 Å². The Balaban J connectivity index is 2.10. The summed E-state index contributed by atoms with van der Waals surface area (Å²) in [6, 6.07) is 8.51. The Bertz CT molecular complexity index is 520. The molecule has 1 atom stereocenters. The van der Waals surface area contributed by atoms with Crippen molar-refractivity contribution in [2.75, 3.05) is 13.1 Å². The van der Waals surface area contributed by atoms with Gasteiger partial charge in [-0.3, -0.25) is 0 Å². The van der Waals surface area contributed by atoms with Crippen molar-refractivity contribution in [3.8, 4) is 0 Å². The standard InChI is InChI=1S/C15H19NO/c1-15(2,12-6-8-16-10-12)13-5-3-4-11-7-9-17-14(11)13/h3-5,7,9,12,16H,6,8,10H2,1-2H3. The Morgan fingerprint density at radius 2 is 2.18 bits per heavy atom. The van der Waals surface area contributed by atoms with Gasteiger partial charge in [-0.2, -0.15) is 0 Å². The van der Waals surface area contributed by atoms with Crippen molar-refractivity contribution in [2.45, 2.75) is 25.7 Å². The van der Waals surface area contributed by atoms with Gasteiger partial charge < -0.3 is 9.73 Å². The summed E-state index contributed by atoms with van der Waals surface area (Å²) in [5, 5.41) is 4.67. The number of hydrogen-bond acceptors (Lipinski definition) is 2. The maximum absolute atomic E-state index is 5.67. The molecule has 3 rings (SSSR count). The van der Waals surface area contributed by atoms with E-state index in [1.54, 1.807) is 6.26 Å². The number of fused-ring (bicyclic) bond motifs is 1. The third kappa shape index (κ3) is 1.67. The molecule has 1 aliphatic rings. The minimum Gasteiger partial charge on any atom is -0.464 e. The van der Waals surface area contributed by atoms with Crippen LogP contribution >= 0.6 is 0 Å². The molecular weight excluding hydrogens is 210 g/mol. The summed E-state index contributed by atoms with van der Waals surface area (Å²) in [4.78, 5) is 0. The Kier molecular flexibility index (Phi) is 2.48. The molecule has 0 spiro atoms. The van der Waals surface area contributed by atoms with Gasteiger partial charge in [0.15, 0.2) is 0 Å². The summed E-state index contributed by atoms with van der Waals surface area (Å²) in [7, 11) is 0. The van der Waals surface area contributed by atoms with Crippen LogP contribution in [-0.4, -0.2) is 13.1 Å². The zero-order valence-electron chi connectivity index (χ0n) is 10.5. The van der Waals surface area contributed by atoms with Crippen LogP contribution in [0.4, 0.5) is 0 Å². The molecule has 2 aromatic rings. The van der Waals surface area contributed by atoms with Gasteiger partial charge in [-0.05, 0) is 36.9 Å². The Labute approximate surface area is 102 Å². The number of rotatable bonds is 2. The predicted octanol–water partition coefficient (Wildman–Crippen LogP) is 3.32. The molecule has 0 radical (unpaired) electrons. The lowest BCUT2D eigenvalue weighted by atomic mass is 9.72. The summed E-state index contributed by atoms with van der Waals surface area (Å²) in [6.07, 6.45) is 3.04. The molecule has 2 heteroatoms. The Morgan fingerprint density at radius 1 is 1.29 bits per heavy atom. The first-order chi connectivity index (χ1) is 8.19. The number of furan rings is 1. The van der Waals surface area contributed by atoms with Gasteiger partial charge in [0.05, 0.1) is 6.26 Å². The van der Waals surface area contributed by atoms with Crippen LogP contribution in [0.15, 0.2) is 34.9 Å². The number of nitrogens with one attached hydrogen (secondary N) is 1. The lowest BCUT2D eigenvalue weighted by Crippen LogP contribution is -2.30. The normalized spacial score (nSPS) is 21.2. The molecule has 2 heterocycles. The summed E-state index contributed by atoms with van der Waals surface area (Å²) in [6.45, 7) is 6.93. The average Bonchev–Trinajstić information content (AvgIpc) is 2.99. The van der Waals surface area contributed by atoms with Crippen molar-refractivity contribution < 1.29 is 4.42 Å². The van der Waals surface area contributed by atoms with Crippen molar-refractivity contribution >= 4 is 11.0 Å². The van der Waals surface area contributed by atoms with Gasteiger partial charge in [0.25, 0.3) is 0 Å². The monoisotopic (exact) mass is 229 g/mol. The smallest absolute Gasteiger partial charge is 0.137 e. The second-order valence-electron chi connectivity index (χ2n) is 5.56. The highest BCUT2D eigenvalue weighted by molar-refractivity contribution is 5.81. The molecule has 0 saturated carbocycles. The van der Waals surface area contributed by atoms with Gasteiger partial charge >= 0.3 is 0 Å². The average molecular weight is 229 g/mol. The Morgan fingerprint density at radius 3 is 2.94 bits per heavy atom. The molecule has 1 aromatic carbocycles. The van der Waals surface area contributed by atoms with Gasteiger partial charge in [-0.1, -0.05) is 32.0 Å². The van der Waals surface area contributed by atoms with Crippen LogP contribution < -0.4 is 5.32 Å². The fourth-order valence-electron chi connectivity index (χ4n) is 2.99. The summed E-state index contributed by atoms with van der Waals surface area (Å²) in [5.41, 5.74) is 2.57. The fraction of sp³-hybridized carbons (Fsp3) is 0.467. The van der Waals surface area contributed by atoms with Crippen LogP contribution in [0.5, 0.6) is 0 Å². The molecule has 0 bridgehead atoms. The molecule has 0 amide bonds. The first-order valence-electron chi connectivity index (χ1n) is 6.37. The Hall–Kier alpha value is -1.28. The minimum atomic E-state index is 0.168. The maximum Gasteiger partial charge on any atom is 0.137 e. The van der Waals surface area contributed by atoms with E-state index in [1.807, 2.05) is 6.07 Å². The van der Waals surface area contributed by atoms with E-state index in [0.29, 0.717) is 5.92 Å². The molecule has 1 N–H and O–H groups in total. The number of benzene rings is 1. The third-order valence-corrected chi connectivity index (χ3v) is 4.25. The molecule has 1 aromatic heterocycles. The molecule has 1 unspecified atom stereocenters. The SMILES string of the molecule is CC(C)(c1cccc2ccoc12)C1CCNC1. The number of hydrogen-bond donors (Lipinski definition) is 1. The van der Waals surface area contributed by atoms with Crippen LogP contribution in [-0.2, 0) is 5.41 Å². The quantitative estimate of drug-likeness (QED) is 0.854. The molecular formula is C15H19NO. The van der Waals surface area contributed by atoms with Crippen molar-refractivity contribution in [1.82, 2.24) is 5.32 Å². The summed E-state index contributed by atoms with van der Waals surface area (Å²) in [5.74, 6) is 0.693. The summed E-state index contributed by atoms with van der Waals surface area (Å²) < 4.78 is 5.67. The largest absolute Gasteiger partial charge is 0.464 e. The van der Waals surface area contributed by atoms with E-state index in [9.17, 15) is 0 Å². The molecule has 17 heavy (non-hydrogen) atoms. The fourth-order valence-corrected chi connectivity index (χ4v) is 2.99. The van der Waals surface area contributed by atoms with Crippen molar-refractivity contribution in [3.05, 3.63) is 36.1 Å². The second-order valence-corrected chi connectivity index (χ2v) is 5.56. The van der Waals surface area contributed by atoms with Crippen molar-refractivity contribution in [2.24, 2.45) is 5.92 Å². The van der Waals surface area contributed by atoms with E-state index in [-0.39, 0.29) is 5.41 Å². The van der Waals surface area contributed by atoms with Crippen LogP contribution in [0, 0.1) is 5.92 Å². The maximum atomic E-state index is 5.67. The molecule has 0 aliphatic carbocycles. The second kappa shape index (κ2) is 3.88. The predicted molar refractivity (Wildman–Crippen MR) is 70.2 cm³/mol. The van der Waals surface area contributed by atoms with E-state index < -0.39 is 0 Å². The molecule has 90 valence electrons. The first kappa shape index (κ1) is 10.8.